The average molecular weight is 338 g/mol. The van der Waals surface area contributed by atoms with Crippen molar-refractivity contribution in [2.45, 2.75) is 31.3 Å². The summed E-state index contributed by atoms with van der Waals surface area (Å²) < 4.78 is 1.06. The smallest absolute Gasteiger partial charge is 0.318 e. The van der Waals surface area contributed by atoms with Crippen LogP contribution in [0, 0.1) is 0 Å². The number of piperidine rings is 1. The molecule has 1 aromatic rings. The van der Waals surface area contributed by atoms with Gasteiger partial charge in [0, 0.05) is 23.6 Å². The number of hydrogen-bond donors (Lipinski definition) is 2. The molecule has 2 amide bonds. The number of benzene rings is 1. The summed E-state index contributed by atoms with van der Waals surface area (Å²) in [6.45, 7) is 2.66. The van der Waals surface area contributed by atoms with E-state index in [4.69, 9.17) is 0 Å². The molecule has 0 spiro atoms. The van der Waals surface area contributed by atoms with Crippen molar-refractivity contribution < 1.29 is 4.79 Å². The third-order valence-corrected chi connectivity index (χ3v) is 4.64. The lowest BCUT2D eigenvalue weighted by atomic mass is 10.0. The van der Waals surface area contributed by atoms with Crippen molar-refractivity contribution in [2.24, 2.45) is 0 Å². The highest BCUT2D eigenvalue weighted by Gasteiger charge is 2.31. The van der Waals surface area contributed by atoms with Crippen molar-refractivity contribution >= 4 is 22.0 Å². The number of halogens is 1. The van der Waals surface area contributed by atoms with Gasteiger partial charge in [-0.3, -0.25) is 0 Å². The van der Waals surface area contributed by atoms with Crippen LogP contribution in [0.5, 0.6) is 0 Å². The Labute approximate surface area is 128 Å². The number of carbonyl (C=O) groups excluding carboxylic acids is 1. The fraction of sp³-hybridized carbons (Fsp3) is 0.533. The highest BCUT2D eigenvalue weighted by atomic mass is 79.9. The first kappa shape index (κ1) is 13.9. The molecule has 0 radical (unpaired) electrons. The van der Waals surface area contributed by atoms with Crippen LogP contribution in [0.25, 0.3) is 0 Å². The molecule has 2 fully saturated rings. The molecule has 0 aromatic heterocycles. The van der Waals surface area contributed by atoms with Crippen LogP contribution in [-0.4, -0.2) is 36.6 Å². The molecular formula is C15H20BrN3O. The van der Waals surface area contributed by atoms with E-state index in [1.165, 1.54) is 24.8 Å². The molecule has 0 bridgehead atoms. The molecule has 1 aromatic carbocycles. The Bertz CT molecular complexity index is 471. The van der Waals surface area contributed by atoms with Crippen LogP contribution >= 0.6 is 15.9 Å². The van der Waals surface area contributed by atoms with Crippen LogP contribution < -0.4 is 10.6 Å². The monoisotopic (exact) mass is 337 g/mol. The molecule has 5 heteroatoms. The third kappa shape index (κ3) is 3.15. The van der Waals surface area contributed by atoms with Crippen molar-refractivity contribution in [1.29, 1.82) is 0 Å². The zero-order valence-corrected chi connectivity index (χ0v) is 13.0. The van der Waals surface area contributed by atoms with E-state index in [2.05, 4.69) is 38.7 Å². The van der Waals surface area contributed by atoms with Crippen LogP contribution in [0.3, 0.4) is 0 Å². The van der Waals surface area contributed by atoms with Crippen molar-refractivity contribution in [3.05, 3.63) is 34.3 Å². The van der Waals surface area contributed by atoms with Gasteiger partial charge in [-0.25, -0.2) is 4.79 Å². The molecule has 108 valence electrons. The lowest BCUT2D eigenvalue weighted by Gasteiger charge is -2.27. The number of nitrogens with zero attached hydrogens (tertiary/aromatic N) is 1. The minimum atomic E-state index is 0.0605. The summed E-state index contributed by atoms with van der Waals surface area (Å²) in [5.74, 6) is 0. The predicted molar refractivity (Wildman–Crippen MR) is 82.6 cm³/mol. The minimum Gasteiger partial charge on any atom is -0.329 e. The first-order valence-electron chi connectivity index (χ1n) is 7.26. The van der Waals surface area contributed by atoms with Crippen molar-refractivity contribution in [3.63, 3.8) is 0 Å². The van der Waals surface area contributed by atoms with Crippen LogP contribution in [0.1, 0.15) is 30.9 Å². The Morgan fingerprint density at radius 1 is 1.25 bits per heavy atom. The molecule has 0 aliphatic carbocycles. The normalized spacial score (nSPS) is 26.6. The Hall–Kier alpha value is -1.07. The topological polar surface area (TPSA) is 44.4 Å². The van der Waals surface area contributed by atoms with Crippen LogP contribution in [0.2, 0.25) is 0 Å². The van der Waals surface area contributed by atoms with Gasteiger partial charge < -0.3 is 15.5 Å². The number of amides is 2. The molecule has 2 N–H and O–H groups in total. The molecule has 2 aliphatic heterocycles. The van der Waals surface area contributed by atoms with Gasteiger partial charge in [0.15, 0.2) is 0 Å². The van der Waals surface area contributed by atoms with Crippen molar-refractivity contribution in [3.8, 4) is 0 Å². The lowest BCUT2D eigenvalue weighted by molar-refractivity contribution is 0.207. The lowest BCUT2D eigenvalue weighted by Crippen LogP contribution is -2.44. The summed E-state index contributed by atoms with van der Waals surface area (Å²) in [6, 6.07) is 8.80. The highest BCUT2D eigenvalue weighted by molar-refractivity contribution is 9.10. The number of rotatable bonds is 3. The number of nitrogens with one attached hydrogen (secondary N) is 2. The van der Waals surface area contributed by atoms with E-state index in [0.29, 0.717) is 6.04 Å². The molecule has 2 atom stereocenters. The summed E-state index contributed by atoms with van der Waals surface area (Å²) in [6.07, 6.45) is 3.69. The summed E-state index contributed by atoms with van der Waals surface area (Å²) in [4.78, 5) is 14.0. The second kappa shape index (κ2) is 6.14. The second-order valence-electron chi connectivity index (χ2n) is 5.61. The van der Waals surface area contributed by atoms with Gasteiger partial charge in [0.1, 0.15) is 0 Å². The van der Waals surface area contributed by atoms with Crippen molar-refractivity contribution in [2.75, 3.05) is 19.6 Å². The average Bonchev–Trinajstić information content (AvgIpc) is 2.82. The van der Waals surface area contributed by atoms with E-state index in [9.17, 15) is 4.79 Å². The minimum absolute atomic E-state index is 0.0605. The quantitative estimate of drug-likeness (QED) is 0.890. The number of hydrogen-bond acceptors (Lipinski definition) is 2. The van der Waals surface area contributed by atoms with Gasteiger partial charge in [0.05, 0.1) is 6.04 Å². The summed E-state index contributed by atoms with van der Waals surface area (Å²) in [7, 11) is 0. The zero-order chi connectivity index (χ0) is 13.9. The zero-order valence-electron chi connectivity index (χ0n) is 11.4. The maximum atomic E-state index is 12.1. The van der Waals surface area contributed by atoms with E-state index >= 15 is 0 Å². The summed E-state index contributed by atoms with van der Waals surface area (Å²) in [5, 5.41) is 6.57. The predicted octanol–water partition coefficient (Wildman–Crippen LogP) is 2.66. The second-order valence-corrected chi connectivity index (χ2v) is 6.52. The number of urea groups is 1. The molecule has 4 nitrogen and oxygen atoms in total. The van der Waals surface area contributed by atoms with E-state index in [0.717, 1.165) is 24.1 Å². The van der Waals surface area contributed by atoms with Crippen LogP contribution in [0.4, 0.5) is 4.79 Å². The molecule has 2 unspecified atom stereocenters. The Balaban J connectivity index is 1.61. The first-order valence-corrected chi connectivity index (χ1v) is 8.06. The van der Waals surface area contributed by atoms with E-state index in [1.54, 1.807) is 0 Å². The Morgan fingerprint density at radius 3 is 2.75 bits per heavy atom. The fourth-order valence-electron chi connectivity index (χ4n) is 2.98. The van der Waals surface area contributed by atoms with Crippen LogP contribution in [-0.2, 0) is 0 Å². The van der Waals surface area contributed by atoms with Gasteiger partial charge in [-0.05, 0) is 37.1 Å². The molecule has 0 saturated carbocycles. The molecule has 2 saturated heterocycles. The van der Waals surface area contributed by atoms with Gasteiger partial charge in [0.2, 0.25) is 0 Å². The fourth-order valence-corrected chi connectivity index (χ4v) is 3.24. The van der Waals surface area contributed by atoms with Gasteiger partial charge in [0.25, 0.3) is 0 Å². The van der Waals surface area contributed by atoms with Gasteiger partial charge in [-0.1, -0.05) is 34.5 Å². The first-order chi connectivity index (χ1) is 9.72. The van der Waals surface area contributed by atoms with E-state index in [-0.39, 0.29) is 12.1 Å². The summed E-state index contributed by atoms with van der Waals surface area (Å²) >= 11 is 3.44. The molecule has 3 rings (SSSR count). The van der Waals surface area contributed by atoms with E-state index < -0.39 is 0 Å². The maximum absolute atomic E-state index is 12.1. The maximum Gasteiger partial charge on any atom is 0.318 e. The third-order valence-electron chi connectivity index (χ3n) is 4.11. The molecule has 2 heterocycles. The van der Waals surface area contributed by atoms with Crippen LogP contribution in [0.15, 0.2) is 28.7 Å². The van der Waals surface area contributed by atoms with E-state index in [1.807, 2.05) is 17.0 Å². The Kier molecular flexibility index (Phi) is 4.27. The van der Waals surface area contributed by atoms with Gasteiger partial charge in [-0.15, -0.1) is 0 Å². The molecular weight excluding hydrogens is 318 g/mol. The summed E-state index contributed by atoms with van der Waals surface area (Å²) in [5.41, 5.74) is 1.17. The van der Waals surface area contributed by atoms with Crippen molar-refractivity contribution in [1.82, 2.24) is 15.5 Å². The largest absolute Gasteiger partial charge is 0.329 e. The molecule has 2 aliphatic rings. The SMILES string of the molecule is O=C1NC(c2ccc(Br)cc2)CN1CC1CCCCN1. The van der Waals surface area contributed by atoms with Gasteiger partial charge >= 0.3 is 6.03 Å². The van der Waals surface area contributed by atoms with Gasteiger partial charge in [-0.2, -0.15) is 0 Å². The number of carbonyl (C=O) groups is 1. The highest BCUT2D eigenvalue weighted by Crippen LogP contribution is 2.23. The molecule has 20 heavy (non-hydrogen) atoms. The Morgan fingerprint density at radius 2 is 2.05 bits per heavy atom. The standard InChI is InChI=1S/C15H20BrN3O/c16-12-6-4-11(5-7-12)14-10-19(15(20)18-14)9-13-3-1-2-8-17-13/h4-7,13-14,17H,1-3,8-10H2,(H,18,20).